The highest BCUT2D eigenvalue weighted by molar-refractivity contribution is 6.04. The van der Waals surface area contributed by atoms with Gasteiger partial charge in [0.2, 0.25) is 11.8 Å². The van der Waals surface area contributed by atoms with Crippen LogP contribution in [0.2, 0.25) is 0 Å². The van der Waals surface area contributed by atoms with Gasteiger partial charge in [-0.05, 0) is 31.7 Å². The summed E-state index contributed by atoms with van der Waals surface area (Å²) in [6.07, 6.45) is 3.12. The largest absolute Gasteiger partial charge is 0.437 e. The van der Waals surface area contributed by atoms with Gasteiger partial charge in [-0.1, -0.05) is 26.8 Å². The van der Waals surface area contributed by atoms with E-state index in [9.17, 15) is 4.79 Å². The molecule has 1 aromatic carbocycles. The molecular weight excluding hydrogens is 482 g/mol. The number of likely N-dealkylation sites (N-methyl/N-ethyl adjacent to an activating group) is 1. The lowest BCUT2D eigenvalue weighted by Crippen LogP contribution is -2.45. The summed E-state index contributed by atoms with van der Waals surface area (Å²) < 4.78 is 7.91. The van der Waals surface area contributed by atoms with Crippen molar-refractivity contribution in [1.82, 2.24) is 34.6 Å². The van der Waals surface area contributed by atoms with E-state index >= 15 is 0 Å². The number of nitrogens with zero attached hydrogens (tertiary/aromatic N) is 8. The number of benzene rings is 1. The van der Waals surface area contributed by atoms with E-state index in [2.05, 4.69) is 63.0 Å². The number of hydrogen-bond donors (Lipinski definition) is 1. The number of aromatic nitrogens is 6. The highest BCUT2D eigenvalue weighted by atomic mass is 16.5. The number of carbonyl (C=O) groups excluding carboxylic acids is 1. The van der Waals surface area contributed by atoms with Crippen LogP contribution in [0.4, 0.5) is 11.8 Å². The molecule has 4 aromatic rings. The van der Waals surface area contributed by atoms with E-state index in [1.807, 2.05) is 26.1 Å². The van der Waals surface area contributed by atoms with Crippen LogP contribution in [-0.2, 0) is 12.5 Å². The summed E-state index contributed by atoms with van der Waals surface area (Å²) in [5, 5.41) is 7.49. The fourth-order valence-electron chi connectivity index (χ4n) is 4.15. The average molecular weight is 516 g/mol. The fourth-order valence-corrected chi connectivity index (χ4v) is 4.15. The lowest BCUT2D eigenvalue weighted by Gasteiger charge is -2.32. The van der Waals surface area contributed by atoms with E-state index < -0.39 is 0 Å². The standard InChI is InChI=1S/C27H33N9O2/c1-17-7-8-18(24(37)31-22-14-21(27(2,3)4)33-35(22)6)13-20(17)38-25-23-19(29-16-30-25)15-28-26(32-23)36-11-9-34(5)10-12-36/h7-8,13-16H,9-12H2,1-6H3,(H,31,37). The Hall–Kier alpha value is -4.12. The van der Waals surface area contributed by atoms with Gasteiger partial charge in [0.05, 0.1) is 11.9 Å². The molecule has 1 saturated heterocycles. The maximum Gasteiger partial charge on any atom is 0.256 e. The van der Waals surface area contributed by atoms with Crippen molar-refractivity contribution < 1.29 is 9.53 Å². The van der Waals surface area contributed by atoms with Gasteiger partial charge in [-0.2, -0.15) is 10.1 Å². The van der Waals surface area contributed by atoms with Crippen molar-refractivity contribution in [3.8, 4) is 11.6 Å². The van der Waals surface area contributed by atoms with Crippen LogP contribution in [-0.4, -0.2) is 73.8 Å². The number of aryl methyl sites for hydroxylation is 2. The molecule has 0 atom stereocenters. The van der Waals surface area contributed by atoms with E-state index in [-0.39, 0.29) is 11.3 Å². The van der Waals surface area contributed by atoms with E-state index in [0.29, 0.717) is 40.0 Å². The van der Waals surface area contributed by atoms with Gasteiger partial charge < -0.3 is 19.9 Å². The molecule has 3 aromatic heterocycles. The molecule has 0 bridgehead atoms. The van der Waals surface area contributed by atoms with Gasteiger partial charge in [0.15, 0.2) is 5.52 Å². The normalized spacial score (nSPS) is 14.6. The number of nitrogens with one attached hydrogen (secondary N) is 1. The van der Waals surface area contributed by atoms with E-state index in [1.165, 1.54) is 6.33 Å². The van der Waals surface area contributed by atoms with Gasteiger partial charge in [-0.25, -0.2) is 15.0 Å². The summed E-state index contributed by atoms with van der Waals surface area (Å²) in [5.74, 6) is 1.82. The Morgan fingerprint density at radius 2 is 1.79 bits per heavy atom. The van der Waals surface area contributed by atoms with Crippen LogP contribution < -0.4 is 15.0 Å². The Bertz CT molecular complexity index is 1480. The molecule has 1 amide bonds. The quantitative estimate of drug-likeness (QED) is 0.426. The molecule has 1 fully saturated rings. The summed E-state index contributed by atoms with van der Waals surface area (Å²) in [6.45, 7) is 11.7. The highest BCUT2D eigenvalue weighted by Gasteiger charge is 2.21. The summed E-state index contributed by atoms with van der Waals surface area (Å²) in [7, 11) is 3.92. The average Bonchev–Trinajstić information content (AvgIpc) is 3.26. The first-order valence-electron chi connectivity index (χ1n) is 12.6. The molecule has 0 radical (unpaired) electrons. The van der Waals surface area contributed by atoms with Gasteiger partial charge in [-0.15, -0.1) is 0 Å². The van der Waals surface area contributed by atoms with E-state index in [4.69, 9.17) is 9.72 Å². The van der Waals surface area contributed by atoms with E-state index in [0.717, 1.165) is 37.4 Å². The summed E-state index contributed by atoms with van der Waals surface area (Å²) in [4.78, 5) is 35.5. The Kier molecular flexibility index (Phi) is 6.70. The first-order valence-corrected chi connectivity index (χ1v) is 12.6. The van der Waals surface area contributed by atoms with Crippen molar-refractivity contribution in [3.63, 3.8) is 0 Å². The number of ether oxygens (including phenoxy) is 1. The van der Waals surface area contributed by atoms with Crippen molar-refractivity contribution in [3.05, 3.63) is 53.6 Å². The number of anilines is 2. The molecule has 38 heavy (non-hydrogen) atoms. The Morgan fingerprint density at radius 1 is 1.03 bits per heavy atom. The number of amides is 1. The van der Waals surface area contributed by atoms with Crippen molar-refractivity contribution in [2.24, 2.45) is 7.05 Å². The summed E-state index contributed by atoms with van der Waals surface area (Å²) in [6, 6.07) is 7.23. The molecule has 4 heterocycles. The van der Waals surface area contributed by atoms with Crippen LogP contribution in [0.1, 0.15) is 42.4 Å². The molecule has 11 heteroatoms. The van der Waals surface area contributed by atoms with Gasteiger partial charge in [0, 0.05) is 50.3 Å². The summed E-state index contributed by atoms with van der Waals surface area (Å²) in [5.41, 5.74) is 3.20. The predicted octanol–water partition coefficient (Wildman–Crippen LogP) is 3.56. The third-order valence-corrected chi connectivity index (χ3v) is 6.66. The van der Waals surface area contributed by atoms with Gasteiger partial charge in [0.1, 0.15) is 23.4 Å². The number of fused-ring (bicyclic) bond motifs is 1. The maximum atomic E-state index is 13.1. The Balaban J connectivity index is 1.40. The molecule has 1 aliphatic heterocycles. The molecular formula is C27H33N9O2. The van der Waals surface area contributed by atoms with Crippen molar-refractivity contribution >= 4 is 28.7 Å². The SMILES string of the molecule is Cc1ccc(C(=O)Nc2cc(C(C)(C)C)nn2C)cc1Oc1ncnc2cnc(N3CCN(C)CC3)nc12. The zero-order valence-electron chi connectivity index (χ0n) is 22.7. The van der Waals surface area contributed by atoms with Crippen molar-refractivity contribution in [2.75, 3.05) is 43.4 Å². The fraction of sp³-hybridized carbons (Fsp3) is 0.407. The zero-order valence-corrected chi connectivity index (χ0v) is 22.7. The third-order valence-electron chi connectivity index (χ3n) is 6.66. The monoisotopic (exact) mass is 515 g/mol. The molecule has 11 nitrogen and oxygen atoms in total. The van der Waals surface area contributed by atoms with Crippen molar-refractivity contribution in [1.29, 1.82) is 0 Å². The number of hydrogen-bond acceptors (Lipinski definition) is 9. The lowest BCUT2D eigenvalue weighted by atomic mass is 9.92. The summed E-state index contributed by atoms with van der Waals surface area (Å²) >= 11 is 0. The minimum absolute atomic E-state index is 0.125. The second-order valence-electron chi connectivity index (χ2n) is 10.7. The first-order chi connectivity index (χ1) is 18.1. The van der Waals surface area contributed by atoms with Crippen LogP contribution in [0.3, 0.4) is 0 Å². The molecule has 0 unspecified atom stereocenters. The van der Waals surface area contributed by atoms with Crippen LogP contribution in [0.25, 0.3) is 11.0 Å². The second-order valence-corrected chi connectivity index (χ2v) is 10.7. The highest BCUT2D eigenvalue weighted by Crippen LogP contribution is 2.30. The van der Waals surface area contributed by atoms with Crippen LogP contribution in [0, 0.1) is 6.92 Å². The molecule has 1 aliphatic rings. The van der Waals surface area contributed by atoms with Gasteiger partial charge in [0.25, 0.3) is 5.91 Å². The zero-order chi connectivity index (χ0) is 27.0. The van der Waals surface area contributed by atoms with Crippen molar-refractivity contribution in [2.45, 2.75) is 33.1 Å². The number of carbonyl (C=O) groups is 1. The topological polar surface area (TPSA) is 114 Å². The Morgan fingerprint density at radius 3 is 2.50 bits per heavy atom. The second kappa shape index (κ2) is 9.97. The predicted molar refractivity (Wildman–Crippen MR) is 146 cm³/mol. The number of piperazine rings is 1. The van der Waals surface area contributed by atoms with Gasteiger partial charge >= 0.3 is 0 Å². The lowest BCUT2D eigenvalue weighted by molar-refractivity contribution is 0.102. The molecule has 5 rings (SSSR count). The smallest absolute Gasteiger partial charge is 0.256 e. The van der Waals surface area contributed by atoms with Crippen LogP contribution >= 0.6 is 0 Å². The van der Waals surface area contributed by atoms with Gasteiger partial charge in [-0.3, -0.25) is 9.48 Å². The maximum absolute atomic E-state index is 13.1. The Labute approximate surface area is 221 Å². The van der Waals surface area contributed by atoms with E-state index in [1.54, 1.807) is 23.0 Å². The molecule has 0 spiro atoms. The minimum Gasteiger partial charge on any atom is -0.437 e. The first kappa shape index (κ1) is 25.5. The molecule has 0 saturated carbocycles. The number of rotatable bonds is 5. The molecule has 1 N–H and O–H groups in total. The molecule has 0 aliphatic carbocycles. The van der Waals surface area contributed by atoms with Crippen LogP contribution in [0.5, 0.6) is 11.6 Å². The minimum atomic E-state index is -0.259. The van der Waals surface area contributed by atoms with Crippen LogP contribution in [0.15, 0.2) is 36.8 Å². The third kappa shape index (κ3) is 5.28. The molecule has 198 valence electrons.